The molecule has 0 spiro atoms. The summed E-state index contributed by atoms with van der Waals surface area (Å²) in [6, 6.07) is 6.28. The Bertz CT molecular complexity index is 914. The molecule has 3 atom stereocenters. The van der Waals surface area contributed by atoms with Crippen molar-refractivity contribution >= 4 is 34.8 Å². The van der Waals surface area contributed by atoms with Crippen molar-refractivity contribution in [2.45, 2.75) is 89.8 Å². The SMILES string of the molecule is COc1ccc(COC(=O)NC(C)CCC(SC(C)=O)C(=O)N2CCC[C@H]2C(=O)OC(C)(C)C)cc1. The van der Waals surface area contributed by atoms with Crippen LogP contribution in [0.15, 0.2) is 24.3 Å². The van der Waals surface area contributed by atoms with E-state index < -0.39 is 29.0 Å². The Balaban J connectivity index is 1.90. The van der Waals surface area contributed by atoms with Crippen molar-refractivity contribution in [1.29, 1.82) is 0 Å². The van der Waals surface area contributed by atoms with Gasteiger partial charge < -0.3 is 24.4 Å². The Morgan fingerprint density at radius 3 is 2.39 bits per heavy atom. The Hall–Kier alpha value is -2.75. The number of ether oxygens (including phenoxy) is 3. The van der Waals surface area contributed by atoms with E-state index in [1.807, 2.05) is 19.1 Å². The summed E-state index contributed by atoms with van der Waals surface area (Å²) in [5.74, 6) is 0.0445. The molecule has 2 amide bonds. The number of carbonyl (C=O) groups is 4. The van der Waals surface area contributed by atoms with Crippen molar-refractivity contribution in [3.8, 4) is 5.75 Å². The summed E-state index contributed by atoms with van der Waals surface area (Å²) in [4.78, 5) is 51.6. The average Bonchev–Trinajstić information content (AvgIpc) is 3.29. The minimum atomic E-state index is -0.648. The van der Waals surface area contributed by atoms with Gasteiger partial charge in [0, 0.05) is 19.5 Å². The fourth-order valence-corrected chi connectivity index (χ4v) is 4.74. The Morgan fingerprint density at radius 1 is 1.14 bits per heavy atom. The summed E-state index contributed by atoms with van der Waals surface area (Å²) in [7, 11) is 1.58. The van der Waals surface area contributed by atoms with Crippen LogP contribution < -0.4 is 10.1 Å². The molecule has 1 saturated heterocycles. The van der Waals surface area contributed by atoms with Gasteiger partial charge in [-0.25, -0.2) is 9.59 Å². The first kappa shape index (κ1) is 29.5. The summed E-state index contributed by atoms with van der Waals surface area (Å²) in [5, 5.41) is 1.94. The summed E-state index contributed by atoms with van der Waals surface area (Å²) in [6.45, 7) is 9.16. The third-order valence-corrected chi connectivity index (χ3v) is 6.61. The lowest BCUT2D eigenvalue weighted by Gasteiger charge is -2.30. The van der Waals surface area contributed by atoms with E-state index in [0.29, 0.717) is 32.2 Å². The minimum Gasteiger partial charge on any atom is -0.497 e. The van der Waals surface area contributed by atoms with Crippen LogP contribution in [0.4, 0.5) is 4.79 Å². The van der Waals surface area contributed by atoms with E-state index in [1.165, 1.54) is 11.8 Å². The van der Waals surface area contributed by atoms with E-state index in [9.17, 15) is 19.2 Å². The number of rotatable bonds is 10. The maximum atomic E-state index is 13.3. The summed E-state index contributed by atoms with van der Waals surface area (Å²) in [5.41, 5.74) is 0.178. The van der Waals surface area contributed by atoms with Gasteiger partial charge >= 0.3 is 12.1 Å². The smallest absolute Gasteiger partial charge is 0.407 e. The van der Waals surface area contributed by atoms with Crippen molar-refractivity contribution in [3.63, 3.8) is 0 Å². The van der Waals surface area contributed by atoms with Crippen LogP contribution in [0.5, 0.6) is 5.75 Å². The molecule has 0 saturated carbocycles. The fourth-order valence-electron chi connectivity index (χ4n) is 3.85. The number of hydrogen-bond donors (Lipinski definition) is 1. The lowest BCUT2D eigenvalue weighted by Crippen LogP contribution is -2.47. The molecule has 1 aliphatic rings. The molecule has 0 bridgehead atoms. The van der Waals surface area contributed by atoms with Crippen LogP contribution in [0.25, 0.3) is 0 Å². The number of carbonyl (C=O) groups excluding carboxylic acids is 4. The van der Waals surface area contributed by atoms with Crippen LogP contribution in [0.1, 0.15) is 65.9 Å². The van der Waals surface area contributed by atoms with Crippen LogP contribution in [-0.4, -0.2) is 64.6 Å². The molecule has 36 heavy (non-hydrogen) atoms. The predicted octanol–water partition coefficient (Wildman–Crippen LogP) is 4.07. The number of nitrogens with one attached hydrogen (secondary N) is 1. The van der Waals surface area contributed by atoms with Gasteiger partial charge in [-0.05, 0) is 71.1 Å². The molecular weight excluding hydrogens is 484 g/mol. The van der Waals surface area contributed by atoms with Crippen molar-refractivity contribution < 1.29 is 33.4 Å². The molecule has 10 heteroatoms. The predicted molar refractivity (Wildman–Crippen MR) is 138 cm³/mol. The van der Waals surface area contributed by atoms with Gasteiger partial charge in [-0.1, -0.05) is 23.9 Å². The van der Waals surface area contributed by atoms with Crippen molar-refractivity contribution in [3.05, 3.63) is 29.8 Å². The quantitative estimate of drug-likeness (QED) is 0.458. The zero-order valence-electron chi connectivity index (χ0n) is 22.0. The molecule has 0 aromatic heterocycles. The normalized spacial score (nSPS) is 17.2. The minimum absolute atomic E-state index is 0.116. The van der Waals surface area contributed by atoms with Crippen molar-refractivity contribution in [2.75, 3.05) is 13.7 Å². The molecule has 1 aromatic rings. The molecule has 2 rings (SSSR count). The molecule has 0 aliphatic carbocycles. The maximum Gasteiger partial charge on any atom is 0.407 e. The van der Waals surface area contributed by atoms with Gasteiger partial charge in [-0.2, -0.15) is 0 Å². The Labute approximate surface area is 217 Å². The number of nitrogens with zero attached hydrogens (tertiary/aromatic N) is 1. The molecule has 1 fully saturated rings. The van der Waals surface area contributed by atoms with E-state index in [4.69, 9.17) is 14.2 Å². The van der Waals surface area contributed by atoms with E-state index >= 15 is 0 Å². The molecule has 2 unspecified atom stereocenters. The number of esters is 1. The zero-order valence-corrected chi connectivity index (χ0v) is 22.8. The lowest BCUT2D eigenvalue weighted by atomic mass is 10.1. The van der Waals surface area contributed by atoms with Gasteiger partial charge in [0.25, 0.3) is 0 Å². The van der Waals surface area contributed by atoms with Crippen molar-refractivity contribution in [2.24, 2.45) is 0 Å². The van der Waals surface area contributed by atoms with Gasteiger partial charge in [-0.15, -0.1) is 0 Å². The highest BCUT2D eigenvalue weighted by Crippen LogP contribution is 2.27. The monoisotopic (exact) mass is 522 g/mol. The van der Waals surface area contributed by atoms with E-state index in [2.05, 4.69) is 5.32 Å². The third kappa shape index (κ3) is 9.72. The van der Waals surface area contributed by atoms with Crippen molar-refractivity contribution in [1.82, 2.24) is 10.2 Å². The molecule has 0 radical (unpaired) electrons. The fraction of sp³-hybridized carbons (Fsp3) is 0.615. The van der Waals surface area contributed by atoms with Crippen LogP contribution in [-0.2, 0) is 30.5 Å². The lowest BCUT2D eigenvalue weighted by molar-refractivity contribution is -0.163. The average molecular weight is 523 g/mol. The third-order valence-electron chi connectivity index (χ3n) is 5.55. The molecule has 200 valence electrons. The second-order valence-corrected chi connectivity index (χ2v) is 11.2. The molecule has 9 nitrogen and oxygen atoms in total. The van der Waals surface area contributed by atoms with E-state index in [1.54, 1.807) is 40.0 Å². The standard InChI is InChI=1S/C26H38N2O7S/c1-17(27-25(32)34-16-19-10-12-20(33-6)13-11-19)9-14-22(36-18(2)29)23(30)28-15-7-8-21(28)24(31)35-26(3,4)5/h10-13,17,21-22H,7-9,14-16H2,1-6H3,(H,27,32)/t17?,21-,22?/m0/s1. The Morgan fingerprint density at radius 2 is 1.81 bits per heavy atom. The topological polar surface area (TPSA) is 111 Å². The maximum absolute atomic E-state index is 13.3. The van der Waals surface area contributed by atoms with Crippen LogP contribution in [0.3, 0.4) is 0 Å². The number of alkyl carbamates (subject to hydrolysis) is 1. The number of thioether (sulfide) groups is 1. The molecular formula is C26H38N2O7S. The molecule has 1 aromatic carbocycles. The first-order chi connectivity index (χ1) is 16.9. The highest BCUT2D eigenvalue weighted by Gasteiger charge is 2.39. The first-order valence-corrected chi connectivity index (χ1v) is 13.0. The number of benzene rings is 1. The summed E-state index contributed by atoms with van der Waals surface area (Å²) < 4.78 is 15.9. The van der Waals surface area contributed by atoms with Gasteiger partial charge in [-0.3, -0.25) is 9.59 Å². The molecule has 1 aliphatic heterocycles. The second kappa shape index (κ2) is 13.5. The number of amides is 2. The van der Waals surface area contributed by atoms with Gasteiger partial charge in [0.05, 0.1) is 12.4 Å². The van der Waals surface area contributed by atoms with Crippen LogP contribution >= 0.6 is 11.8 Å². The second-order valence-electron chi connectivity index (χ2n) is 9.87. The summed E-state index contributed by atoms with van der Waals surface area (Å²) in [6.07, 6.45) is 1.49. The molecule has 1 heterocycles. The first-order valence-electron chi connectivity index (χ1n) is 12.2. The highest BCUT2D eigenvalue weighted by molar-refractivity contribution is 8.14. The van der Waals surface area contributed by atoms with Gasteiger partial charge in [0.2, 0.25) is 5.91 Å². The number of likely N-dealkylation sites (tertiary alicyclic amines) is 1. The summed E-state index contributed by atoms with van der Waals surface area (Å²) >= 11 is 0.956. The molecule has 1 N–H and O–H groups in total. The van der Waals surface area contributed by atoms with Crippen LogP contribution in [0, 0.1) is 0 Å². The van der Waals surface area contributed by atoms with Gasteiger partial charge in [0.15, 0.2) is 5.12 Å². The number of methoxy groups -OCH3 is 1. The van der Waals surface area contributed by atoms with E-state index in [-0.39, 0.29) is 23.7 Å². The van der Waals surface area contributed by atoms with E-state index in [0.717, 1.165) is 23.1 Å². The Kier molecular flexibility index (Phi) is 11.1. The van der Waals surface area contributed by atoms with Crippen LogP contribution in [0.2, 0.25) is 0 Å². The van der Waals surface area contributed by atoms with Gasteiger partial charge in [0.1, 0.15) is 24.0 Å². The largest absolute Gasteiger partial charge is 0.497 e. The zero-order chi connectivity index (χ0) is 26.9. The number of hydrogen-bond acceptors (Lipinski definition) is 8. The highest BCUT2D eigenvalue weighted by atomic mass is 32.2.